The van der Waals surface area contributed by atoms with Crippen molar-refractivity contribution in [1.82, 2.24) is 15.2 Å². The third-order valence-electron chi connectivity index (χ3n) is 3.17. The molecule has 0 aliphatic heterocycles. The quantitative estimate of drug-likeness (QED) is 0.709. The van der Waals surface area contributed by atoms with Crippen LogP contribution in [0.15, 0.2) is 30.6 Å². The lowest BCUT2D eigenvalue weighted by molar-refractivity contribution is 0.432. The van der Waals surface area contributed by atoms with E-state index >= 15 is 0 Å². The topological polar surface area (TPSA) is 84.9 Å². The van der Waals surface area contributed by atoms with Crippen molar-refractivity contribution in [2.24, 2.45) is 0 Å². The molecule has 100 valence electrons. The molecule has 5 nitrogen and oxygen atoms in total. The Morgan fingerprint density at radius 1 is 1.15 bits per heavy atom. The van der Waals surface area contributed by atoms with Crippen LogP contribution in [0.3, 0.4) is 0 Å². The fourth-order valence-electron chi connectivity index (χ4n) is 2.07. The number of hydrogen-bond donors (Lipinski definition) is 2. The Morgan fingerprint density at radius 3 is 2.75 bits per heavy atom. The molecule has 0 bridgehead atoms. The molecule has 0 unspecified atom stereocenters. The number of nitrogens with zero attached hydrogens (tertiary/aromatic N) is 3. The first kappa shape index (κ1) is 12.3. The first-order valence-electron chi connectivity index (χ1n) is 5.94. The van der Waals surface area contributed by atoms with Crippen LogP contribution in [0, 0.1) is 12.7 Å². The number of anilines is 1. The summed E-state index contributed by atoms with van der Waals surface area (Å²) in [6.45, 7) is 1.58. The van der Waals surface area contributed by atoms with Gasteiger partial charge in [0.2, 0.25) is 0 Å². The van der Waals surface area contributed by atoms with E-state index in [1.165, 1.54) is 0 Å². The van der Waals surface area contributed by atoms with Crippen LogP contribution in [0.25, 0.3) is 22.0 Å². The van der Waals surface area contributed by atoms with Crippen molar-refractivity contribution >= 4 is 16.6 Å². The van der Waals surface area contributed by atoms with Gasteiger partial charge >= 0.3 is 0 Å². The van der Waals surface area contributed by atoms with E-state index in [9.17, 15) is 9.50 Å². The number of aryl methyl sites for hydroxylation is 1. The molecule has 0 radical (unpaired) electrons. The molecule has 3 rings (SSSR count). The number of phenolic OH excluding ortho intramolecular Hbond substituents is 1. The number of fused-ring (bicyclic) bond motifs is 1. The molecule has 2 heterocycles. The predicted molar refractivity (Wildman–Crippen MR) is 73.5 cm³/mol. The van der Waals surface area contributed by atoms with Crippen molar-refractivity contribution in [1.29, 1.82) is 0 Å². The van der Waals surface area contributed by atoms with Crippen LogP contribution < -0.4 is 5.73 Å². The number of hydrogen-bond acceptors (Lipinski definition) is 5. The Bertz CT molecular complexity index is 820. The van der Waals surface area contributed by atoms with Gasteiger partial charge in [-0.15, -0.1) is 10.2 Å². The summed E-state index contributed by atoms with van der Waals surface area (Å²) < 4.78 is 13.8. The van der Waals surface area contributed by atoms with E-state index in [0.29, 0.717) is 22.0 Å². The van der Waals surface area contributed by atoms with Gasteiger partial charge in [-0.25, -0.2) is 4.39 Å². The van der Waals surface area contributed by atoms with Gasteiger partial charge < -0.3 is 10.8 Å². The molecule has 3 N–H and O–H groups in total. The number of rotatable bonds is 1. The number of nitrogens with two attached hydrogens (primary N) is 1. The van der Waals surface area contributed by atoms with Gasteiger partial charge in [0, 0.05) is 28.7 Å². The van der Waals surface area contributed by atoms with Crippen LogP contribution in [0.4, 0.5) is 10.2 Å². The highest BCUT2D eigenvalue weighted by Gasteiger charge is 2.16. The fraction of sp³-hybridized carbons (Fsp3) is 0.0714. The van der Waals surface area contributed by atoms with Crippen molar-refractivity contribution in [3.8, 4) is 17.0 Å². The maximum Gasteiger partial charge on any atom is 0.168 e. The zero-order chi connectivity index (χ0) is 14.3. The van der Waals surface area contributed by atoms with Crippen LogP contribution in [0.1, 0.15) is 5.56 Å². The van der Waals surface area contributed by atoms with Gasteiger partial charge in [0.05, 0.1) is 0 Å². The Kier molecular flexibility index (Phi) is 2.71. The van der Waals surface area contributed by atoms with Gasteiger partial charge in [-0.1, -0.05) is 6.07 Å². The average Bonchev–Trinajstić information content (AvgIpc) is 2.47. The molecule has 20 heavy (non-hydrogen) atoms. The molecule has 2 aromatic heterocycles. The molecule has 3 aromatic rings. The number of aromatic hydroxyl groups is 1. The molecule has 0 aliphatic carbocycles. The summed E-state index contributed by atoms with van der Waals surface area (Å²) >= 11 is 0. The number of nitrogen functional groups attached to an aromatic ring is 1. The average molecular weight is 270 g/mol. The van der Waals surface area contributed by atoms with Crippen LogP contribution in [0.2, 0.25) is 0 Å². The smallest absolute Gasteiger partial charge is 0.168 e. The number of aromatic nitrogens is 3. The van der Waals surface area contributed by atoms with E-state index < -0.39 is 11.6 Å². The summed E-state index contributed by atoms with van der Waals surface area (Å²) in [5.74, 6) is -0.866. The van der Waals surface area contributed by atoms with Crippen molar-refractivity contribution in [2.45, 2.75) is 6.92 Å². The maximum atomic E-state index is 13.8. The van der Waals surface area contributed by atoms with Gasteiger partial charge in [0.15, 0.2) is 17.4 Å². The van der Waals surface area contributed by atoms with Crippen molar-refractivity contribution in [3.05, 3.63) is 42.0 Å². The highest BCUT2D eigenvalue weighted by atomic mass is 19.1. The molecule has 0 atom stereocenters. The molecule has 1 aromatic carbocycles. The molecular formula is C14H11FN4O. The van der Waals surface area contributed by atoms with E-state index in [2.05, 4.69) is 15.2 Å². The Morgan fingerprint density at radius 2 is 1.95 bits per heavy atom. The SMILES string of the molecule is Cc1ccc(-c2nnc(N)c3cnccc23)c(O)c1F. The van der Waals surface area contributed by atoms with Crippen LogP contribution >= 0.6 is 0 Å². The Labute approximate surface area is 113 Å². The molecule has 0 amide bonds. The minimum Gasteiger partial charge on any atom is -0.504 e. The van der Waals surface area contributed by atoms with E-state index in [1.54, 1.807) is 37.5 Å². The highest BCUT2D eigenvalue weighted by Crippen LogP contribution is 2.35. The monoisotopic (exact) mass is 270 g/mol. The Hall–Kier alpha value is -2.76. The molecule has 0 fully saturated rings. The maximum absolute atomic E-state index is 13.8. The summed E-state index contributed by atoms with van der Waals surface area (Å²) in [5.41, 5.74) is 6.75. The summed E-state index contributed by atoms with van der Waals surface area (Å²) in [7, 11) is 0. The van der Waals surface area contributed by atoms with Gasteiger partial charge in [-0.2, -0.15) is 0 Å². The van der Waals surface area contributed by atoms with Gasteiger partial charge in [0.25, 0.3) is 0 Å². The standard InChI is InChI=1S/C14H11FN4O/c1-7-2-3-9(13(20)11(7)15)12-8-4-5-17-6-10(8)14(16)19-18-12/h2-6,20H,1H3,(H2,16,19). The molecule has 0 saturated heterocycles. The number of halogens is 1. The zero-order valence-electron chi connectivity index (χ0n) is 10.6. The molecule has 0 aliphatic rings. The third kappa shape index (κ3) is 1.73. The van der Waals surface area contributed by atoms with E-state index in [1.807, 2.05) is 0 Å². The Balaban J connectivity index is 2.36. The lowest BCUT2D eigenvalue weighted by atomic mass is 10.0. The minimum absolute atomic E-state index is 0.240. The second-order valence-corrected chi connectivity index (χ2v) is 4.45. The molecule has 0 saturated carbocycles. The lowest BCUT2D eigenvalue weighted by Crippen LogP contribution is -1.99. The lowest BCUT2D eigenvalue weighted by Gasteiger charge is -2.09. The van der Waals surface area contributed by atoms with Crippen molar-refractivity contribution in [2.75, 3.05) is 5.73 Å². The van der Waals surface area contributed by atoms with Gasteiger partial charge in [-0.3, -0.25) is 4.98 Å². The van der Waals surface area contributed by atoms with Crippen molar-refractivity contribution in [3.63, 3.8) is 0 Å². The second-order valence-electron chi connectivity index (χ2n) is 4.45. The second kappa shape index (κ2) is 4.41. The molecule has 0 spiro atoms. The summed E-state index contributed by atoms with van der Waals surface area (Å²) in [4.78, 5) is 3.98. The minimum atomic E-state index is -0.664. The first-order valence-corrected chi connectivity index (χ1v) is 5.94. The number of pyridine rings is 1. The number of phenols is 1. The summed E-state index contributed by atoms with van der Waals surface area (Å²) in [5, 5.41) is 19.0. The zero-order valence-corrected chi connectivity index (χ0v) is 10.6. The summed E-state index contributed by atoms with van der Waals surface area (Å²) in [6.07, 6.45) is 3.14. The molecule has 6 heteroatoms. The first-order chi connectivity index (χ1) is 9.59. The van der Waals surface area contributed by atoms with Gasteiger partial charge in [0.1, 0.15) is 5.69 Å². The van der Waals surface area contributed by atoms with E-state index in [-0.39, 0.29) is 11.4 Å². The predicted octanol–water partition coefficient (Wildman–Crippen LogP) is 2.43. The van der Waals surface area contributed by atoms with Gasteiger partial charge in [-0.05, 0) is 24.6 Å². The third-order valence-corrected chi connectivity index (χ3v) is 3.17. The van der Waals surface area contributed by atoms with Crippen molar-refractivity contribution < 1.29 is 9.50 Å². The normalized spacial score (nSPS) is 10.9. The number of benzene rings is 1. The summed E-state index contributed by atoms with van der Waals surface area (Å²) in [6, 6.07) is 4.89. The largest absolute Gasteiger partial charge is 0.504 e. The van der Waals surface area contributed by atoms with E-state index in [4.69, 9.17) is 5.73 Å². The highest BCUT2D eigenvalue weighted by molar-refractivity contribution is 5.99. The molecular weight excluding hydrogens is 259 g/mol. The van der Waals surface area contributed by atoms with E-state index in [0.717, 1.165) is 0 Å². The van der Waals surface area contributed by atoms with Crippen LogP contribution in [-0.2, 0) is 0 Å². The fourth-order valence-corrected chi connectivity index (χ4v) is 2.07. The van der Waals surface area contributed by atoms with Crippen LogP contribution in [0.5, 0.6) is 5.75 Å². The van der Waals surface area contributed by atoms with Crippen LogP contribution in [-0.4, -0.2) is 20.3 Å².